The molecule has 4 heteroatoms. The topological polar surface area (TPSA) is 56.3 Å². The fourth-order valence-corrected chi connectivity index (χ4v) is 1.94. The lowest BCUT2D eigenvalue weighted by atomic mass is 10.0. The molecule has 0 saturated heterocycles. The molecule has 22 heavy (non-hydrogen) atoms. The summed E-state index contributed by atoms with van der Waals surface area (Å²) in [7, 11) is 0. The van der Waals surface area contributed by atoms with Crippen LogP contribution in [-0.2, 0) is 9.53 Å². The van der Waals surface area contributed by atoms with Crippen LogP contribution in [0.3, 0.4) is 0 Å². The van der Waals surface area contributed by atoms with Gasteiger partial charge in [-0.25, -0.2) is 4.79 Å². The number of rotatable bonds is 6. The van der Waals surface area contributed by atoms with Crippen LogP contribution >= 0.6 is 0 Å². The van der Waals surface area contributed by atoms with Crippen LogP contribution in [0.25, 0.3) is 6.08 Å². The van der Waals surface area contributed by atoms with Crippen LogP contribution in [-0.4, -0.2) is 23.3 Å². The number of hydrogen-bond acceptors (Lipinski definition) is 4. The number of esters is 1. The van der Waals surface area contributed by atoms with Crippen molar-refractivity contribution >= 4 is 17.8 Å². The van der Waals surface area contributed by atoms with Gasteiger partial charge in [0.1, 0.15) is 0 Å². The van der Waals surface area contributed by atoms with E-state index in [9.17, 15) is 9.59 Å². The predicted octanol–water partition coefficient (Wildman–Crippen LogP) is 3.30. The van der Waals surface area contributed by atoms with Crippen LogP contribution in [0.4, 0.5) is 0 Å². The third-order valence-corrected chi connectivity index (χ3v) is 2.99. The van der Waals surface area contributed by atoms with E-state index in [2.05, 4.69) is 4.98 Å². The number of ketones is 1. The van der Waals surface area contributed by atoms with Crippen molar-refractivity contribution < 1.29 is 14.3 Å². The van der Waals surface area contributed by atoms with E-state index in [0.717, 1.165) is 0 Å². The van der Waals surface area contributed by atoms with Crippen LogP contribution in [0, 0.1) is 0 Å². The largest absolute Gasteiger partial charge is 0.463 e. The number of aromatic nitrogens is 1. The number of ether oxygens (including phenoxy) is 1. The van der Waals surface area contributed by atoms with Crippen molar-refractivity contribution in [2.75, 3.05) is 6.61 Å². The van der Waals surface area contributed by atoms with Gasteiger partial charge < -0.3 is 4.74 Å². The number of hydrogen-bond donors (Lipinski definition) is 0. The lowest BCUT2D eigenvalue weighted by Crippen LogP contribution is -2.12. The van der Waals surface area contributed by atoms with E-state index in [1.165, 1.54) is 0 Å². The number of carbonyl (C=O) groups is 2. The standard InChI is InChI=1S/C18H17NO3/c1-2-22-18(21)15(12-16-10-6-7-11-19-16)13-17(20)14-8-4-3-5-9-14/h3-12H,2,13H2,1H3/b15-12+. The summed E-state index contributed by atoms with van der Waals surface area (Å²) in [5.41, 5.74) is 1.49. The summed E-state index contributed by atoms with van der Waals surface area (Å²) in [4.78, 5) is 28.5. The molecule has 0 saturated carbocycles. The van der Waals surface area contributed by atoms with Crippen molar-refractivity contribution in [2.45, 2.75) is 13.3 Å². The van der Waals surface area contributed by atoms with E-state index in [1.54, 1.807) is 55.6 Å². The van der Waals surface area contributed by atoms with Crippen molar-refractivity contribution in [1.82, 2.24) is 4.98 Å². The molecule has 0 spiro atoms. The van der Waals surface area contributed by atoms with Gasteiger partial charge >= 0.3 is 5.97 Å². The van der Waals surface area contributed by atoms with Gasteiger partial charge in [-0.1, -0.05) is 36.4 Å². The molecule has 0 aliphatic carbocycles. The smallest absolute Gasteiger partial charge is 0.334 e. The highest BCUT2D eigenvalue weighted by atomic mass is 16.5. The Labute approximate surface area is 129 Å². The van der Waals surface area contributed by atoms with Gasteiger partial charge in [-0.3, -0.25) is 9.78 Å². The maximum absolute atomic E-state index is 12.3. The summed E-state index contributed by atoms with van der Waals surface area (Å²) in [6.07, 6.45) is 3.21. The van der Waals surface area contributed by atoms with Crippen LogP contribution in [0.1, 0.15) is 29.4 Å². The molecule has 0 fully saturated rings. The second-order valence-corrected chi connectivity index (χ2v) is 4.61. The highest BCUT2D eigenvalue weighted by molar-refractivity contribution is 6.05. The van der Waals surface area contributed by atoms with E-state index in [1.807, 2.05) is 12.1 Å². The zero-order valence-electron chi connectivity index (χ0n) is 12.4. The van der Waals surface area contributed by atoms with Crippen LogP contribution in [0.2, 0.25) is 0 Å². The van der Waals surface area contributed by atoms with Crippen molar-refractivity contribution in [3.63, 3.8) is 0 Å². The number of carbonyl (C=O) groups excluding carboxylic acids is 2. The molecule has 2 aromatic rings. The molecular weight excluding hydrogens is 278 g/mol. The molecule has 0 unspecified atom stereocenters. The Bertz CT molecular complexity index is 663. The first-order chi connectivity index (χ1) is 10.7. The first-order valence-corrected chi connectivity index (χ1v) is 7.07. The van der Waals surface area contributed by atoms with Gasteiger partial charge in [0.05, 0.1) is 12.3 Å². The Kier molecular flexibility index (Phi) is 5.60. The zero-order chi connectivity index (χ0) is 15.8. The Morgan fingerprint density at radius 2 is 1.82 bits per heavy atom. The molecule has 0 radical (unpaired) electrons. The normalized spacial score (nSPS) is 11.0. The third kappa shape index (κ3) is 4.38. The summed E-state index contributed by atoms with van der Waals surface area (Å²) in [6.45, 7) is 1.99. The van der Waals surface area contributed by atoms with Gasteiger partial charge in [0.15, 0.2) is 5.78 Å². The maximum atomic E-state index is 12.3. The van der Waals surface area contributed by atoms with E-state index < -0.39 is 5.97 Å². The first-order valence-electron chi connectivity index (χ1n) is 7.07. The molecule has 1 aromatic carbocycles. The molecule has 0 amide bonds. The zero-order valence-corrected chi connectivity index (χ0v) is 12.4. The van der Waals surface area contributed by atoms with Gasteiger partial charge in [0.25, 0.3) is 0 Å². The van der Waals surface area contributed by atoms with E-state index in [0.29, 0.717) is 16.8 Å². The van der Waals surface area contributed by atoms with Gasteiger partial charge in [0.2, 0.25) is 0 Å². The Balaban J connectivity index is 2.24. The number of benzene rings is 1. The summed E-state index contributed by atoms with van der Waals surface area (Å²) in [5, 5.41) is 0. The molecular formula is C18H17NO3. The minimum absolute atomic E-state index is 0.0145. The second-order valence-electron chi connectivity index (χ2n) is 4.61. The summed E-state index contributed by atoms with van der Waals surface area (Å²) in [6, 6.07) is 14.3. The maximum Gasteiger partial charge on any atom is 0.334 e. The number of Topliss-reactive ketones (excluding diaryl/α,β-unsaturated/α-hetero) is 1. The van der Waals surface area contributed by atoms with Gasteiger partial charge in [-0.15, -0.1) is 0 Å². The van der Waals surface area contributed by atoms with Crippen LogP contribution in [0.15, 0.2) is 60.3 Å². The summed E-state index contributed by atoms with van der Waals surface area (Å²) in [5.74, 6) is -0.617. The molecule has 0 atom stereocenters. The SMILES string of the molecule is CCOC(=O)/C(=C/c1ccccn1)CC(=O)c1ccccc1. The second kappa shape index (κ2) is 7.88. The molecule has 4 nitrogen and oxygen atoms in total. The minimum atomic E-state index is -0.488. The van der Waals surface area contributed by atoms with Crippen molar-refractivity contribution in [1.29, 1.82) is 0 Å². The number of pyridine rings is 1. The summed E-state index contributed by atoms with van der Waals surface area (Å²) >= 11 is 0. The van der Waals surface area contributed by atoms with Gasteiger partial charge in [-0.05, 0) is 25.1 Å². The monoisotopic (exact) mass is 295 g/mol. The molecule has 0 aliphatic heterocycles. The van der Waals surface area contributed by atoms with Crippen molar-refractivity contribution in [3.8, 4) is 0 Å². The Morgan fingerprint density at radius 3 is 2.45 bits per heavy atom. The molecule has 2 rings (SSSR count). The first kappa shape index (κ1) is 15.6. The molecule has 1 heterocycles. The fourth-order valence-electron chi connectivity index (χ4n) is 1.94. The van der Waals surface area contributed by atoms with E-state index >= 15 is 0 Å². The van der Waals surface area contributed by atoms with E-state index in [-0.39, 0.29) is 18.8 Å². The fraction of sp³-hybridized carbons (Fsp3) is 0.167. The summed E-state index contributed by atoms with van der Waals surface area (Å²) < 4.78 is 5.03. The van der Waals surface area contributed by atoms with Gasteiger partial charge in [0, 0.05) is 23.8 Å². The molecule has 0 bridgehead atoms. The number of nitrogens with zero attached hydrogens (tertiary/aromatic N) is 1. The highest BCUT2D eigenvalue weighted by Crippen LogP contribution is 2.14. The average Bonchev–Trinajstić information content (AvgIpc) is 2.56. The predicted molar refractivity (Wildman–Crippen MR) is 84.2 cm³/mol. The molecule has 0 aliphatic rings. The Hall–Kier alpha value is -2.75. The minimum Gasteiger partial charge on any atom is -0.463 e. The lowest BCUT2D eigenvalue weighted by molar-refractivity contribution is -0.138. The average molecular weight is 295 g/mol. The van der Waals surface area contributed by atoms with Crippen LogP contribution < -0.4 is 0 Å². The molecule has 0 N–H and O–H groups in total. The van der Waals surface area contributed by atoms with Gasteiger partial charge in [-0.2, -0.15) is 0 Å². The molecule has 112 valence electrons. The third-order valence-electron chi connectivity index (χ3n) is 2.99. The highest BCUT2D eigenvalue weighted by Gasteiger charge is 2.16. The van der Waals surface area contributed by atoms with Crippen LogP contribution in [0.5, 0.6) is 0 Å². The Morgan fingerprint density at radius 1 is 1.09 bits per heavy atom. The molecule has 1 aromatic heterocycles. The van der Waals surface area contributed by atoms with Crippen molar-refractivity contribution in [2.24, 2.45) is 0 Å². The lowest BCUT2D eigenvalue weighted by Gasteiger charge is -2.07. The van der Waals surface area contributed by atoms with Crippen molar-refractivity contribution in [3.05, 3.63) is 71.6 Å². The quantitative estimate of drug-likeness (QED) is 0.466. The van der Waals surface area contributed by atoms with E-state index in [4.69, 9.17) is 4.74 Å².